The molecule has 0 saturated carbocycles. The van der Waals surface area contributed by atoms with E-state index in [9.17, 15) is 5.11 Å². The largest absolute Gasteiger partial charge is 0.496 e. The summed E-state index contributed by atoms with van der Waals surface area (Å²) in [5.74, 6) is 0.882. The van der Waals surface area contributed by atoms with Crippen LogP contribution in [0.15, 0.2) is 48.5 Å². The van der Waals surface area contributed by atoms with Crippen molar-refractivity contribution in [1.29, 1.82) is 0 Å². The second-order valence-electron chi connectivity index (χ2n) is 5.82. The molecule has 0 aromatic heterocycles. The Morgan fingerprint density at radius 1 is 1.09 bits per heavy atom. The second-order valence-corrected chi connectivity index (χ2v) is 5.82. The SMILES string of the molecule is CCC(C)(CO)NCc1ccc(-c2ccccc2OC)cc1. The molecular weight excluding hydrogens is 274 g/mol. The predicted molar refractivity (Wildman–Crippen MR) is 91.1 cm³/mol. The molecule has 2 aromatic carbocycles. The molecule has 118 valence electrons. The molecular formula is C19H25NO2. The summed E-state index contributed by atoms with van der Waals surface area (Å²) >= 11 is 0. The third kappa shape index (κ3) is 3.87. The minimum absolute atomic E-state index is 0.142. The fourth-order valence-corrected chi connectivity index (χ4v) is 2.29. The summed E-state index contributed by atoms with van der Waals surface area (Å²) in [7, 11) is 1.69. The van der Waals surface area contributed by atoms with Crippen molar-refractivity contribution in [1.82, 2.24) is 5.32 Å². The number of hydrogen-bond acceptors (Lipinski definition) is 3. The van der Waals surface area contributed by atoms with Gasteiger partial charge in [-0.25, -0.2) is 0 Å². The number of methoxy groups -OCH3 is 1. The van der Waals surface area contributed by atoms with Gasteiger partial charge in [0, 0.05) is 17.6 Å². The number of nitrogens with one attached hydrogen (secondary N) is 1. The molecule has 1 unspecified atom stereocenters. The topological polar surface area (TPSA) is 41.5 Å². The summed E-state index contributed by atoms with van der Waals surface area (Å²) < 4.78 is 5.41. The first-order valence-electron chi connectivity index (χ1n) is 7.70. The molecule has 0 aliphatic carbocycles. The van der Waals surface area contributed by atoms with Crippen LogP contribution in [0.4, 0.5) is 0 Å². The van der Waals surface area contributed by atoms with Gasteiger partial charge in [0.15, 0.2) is 0 Å². The Hall–Kier alpha value is -1.84. The Morgan fingerprint density at radius 3 is 2.36 bits per heavy atom. The van der Waals surface area contributed by atoms with Gasteiger partial charge in [0.05, 0.1) is 13.7 Å². The van der Waals surface area contributed by atoms with Crippen LogP contribution >= 0.6 is 0 Å². The number of aliphatic hydroxyl groups is 1. The van der Waals surface area contributed by atoms with Gasteiger partial charge < -0.3 is 15.2 Å². The van der Waals surface area contributed by atoms with Crippen molar-refractivity contribution in [3.05, 3.63) is 54.1 Å². The highest BCUT2D eigenvalue weighted by atomic mass is 16.5. The highest BCUT2D eigenvalue weighted by Gasteiger charge is 2.19. The van der Waals surface area contributed by atoms with E-state index >= 15 is 0 Å². The van der Waals surface area contributed by atoms with Crippen LogP contribution in [-0.2, 0) is 6.54 Å². The van der Waals surface area contributed by atoms with Crippen LogP contribution in [0.1, 0.15) is 25.8 Å². The third-order valence-corrected chi connectivity index (χ3v) is 4.22. The van der Waals surface area contributed by atoms with Crippen molar-refractivity contribution < 1.29 is 9.84 Å². The molecule has 22 heavy (non-hydrogen) atoms. The highest BCUT2D eigenvalue weighted by Crippen LogP contribution is 2.29. The molecule has 0 saturated heterocycles. The van der Waals surface area contributed by atoms with Crippen molar-refractivity contribution >= 4 is 0 Å². The zero-order chi connectivity index (χ0) is 16.0. The van der Waals surface area contributed by atoms with Crippen LogP contribution in [0, 0.1) is 0 Å². The summed E-state index contributed by atoms with van der Waals surface area (Å²) in [4.78, 5) is 0. The molecule has 0 aliphatic heterocycles. The zero-order valence-electron chi connectivity index (χ0n) is 13.6. The molecule has 0 radical (unpaired) electrons. The number of benzene rings is 2. The van der Waals surface area contributed by atoms with Crippen LogP contribution in [0.2, 0.25) is 0 Å². The Kier molecular flexibility index (Phi) is 5.58. The van der Waals surface area contributed by atoms with E-state index in [1.807, 2.05) is 25.1 Å². The number of ether oxygens (including phenoxy) is 1. The average Bonchev–Trinajstić information content (AvgIpc) is 2.60. The summed E-state index contributed by atoms with van der Waals surface area (Å²) in [6, 6.07) is 16.5. The maximum atomic E-state index is 9.44. The quantitative estimate of drug-likeness (QED) is 0.820. The number of rotatable bonds is 7. The Labute approximate surface area is 133 Å². The van der Waals surface area contributed by atoms with Gasteiger partial charge in [0.25, 0.3) is 0 Å². The lowest BCUT2D eigenvalue weighted by atomic mass is 9.99. The first-order chi connectivity index (χ1) is 10.6. The van der Waals surface area contributed by atoms with Gasteiger partial charge in [0.1, 0.15) is 5.75 Å². The summed E-state index contributed by atoms with van der Waals surface area (Å²) in [6.45, 7) is 5.00. The maximum Gasteiger partial charge on any atom is 0.126 e. The first-order valence-corrected chi connectivity index (χ1v) is 7.70. The van der Waals surface area contributed by atoms with Crippen LogP contribution in [0.5, 0.6) is 5.75 Å². The normalized spacial score (nSPS) is 13.6. The molecule has 0 amide bonds. The van der Waals surface area contributed by atoms with Crippen molar-refractivity contribution in [2.75, 3.05) is 13.7 Å². The number of aliphatic hydroxyl groups excluding tert-OH is 1. The predicted octanol–water partition coefficient (Wildman–Crippen LogP) is 3.61. The third-order valence-electron chi connectivity index (χ3n) is 4.22. The molecule has 0 spiro atoms. The minimum atomic E-state index is -0.221. The molecule has 0 fully saturated rings. The standard InChI is InChI=1S/C19H25NO2/c1-4-19(2,14-21)20-13-15-9-11-16(12-10-15)17-7-5-6-8-18(17)22-3/h5-12,20-21H,4,13-14H2,1-3H3. The summed E-state index contributed by atoms with van der Waals surface area (Å²) in [6.07, 6.45) is 0.892. The van der Waals surface area contributed by atoms with E-state index in [2.05, 4.69) is 42.6 Å². The summed E-state index contributed by atoms with van der Waals surface area (Å²) in [5, 5.41) is 12.9. The van der Waals surface area contributed by atoms with Gasteiger partial charge in [-0.3, -0.25) is 0 Å². The van der Waals surface area contributed by atoms with Crippen LogP contribution < -0.4 is 10.1 Å². The van der Waals surface area contributed by atoms with Gasteiger partial charge in [0.2, 0.25) is 0 Å². The zero-order valence-corrected chi connectivity index (χ0v) is 13.6. The van der Waals surface area contributed by atoms with Crippen LogP contribution in [0.25, 0.3) is 11.1 Å². The van der Waals surface area contributed by atoms with Gasteiger partial charge in [-0.15, -0.1) is 0 Å². The van der Waals surface area contributed by atoms with Gasteiger partial charge in [-0.05, 0) is 30.5 Å². The lowest BCUT2D eigenvalue weighted by Crippen LogP contribution is -2.44. The molecule has 3 nitrogen and oxygen atoms in total. The first kappa shape index (κ1) is 16.5. The van der Waals surface area contributed by atoms with Gasteiger partial charge in [-0.2, -0.15) is 0 Å². The van der Waals surface area contributed by atoms with E-state index in [1.165, 1.54) is 5.56 Å². The maximum absolute atomic E-state index is 9.44. The second kappa shape index (κ2) is 7.43. The van der Waals surface area contributed by atoms with E-state index in [0.717, 1.165) is 29.8 Å². The monoisotopic (exact) mass is 299 g/mol. The molecule has 2 aromatic rings. The van der Waals surface area contributed by atoms with E-state index < -0.39 is 0 Å². The van der Waals surface area contributed by atoms with Crippen LogP contribution in [-0.4, -0.2) is 24.4 Å². The Balaban J connectivity index is 2.11. The van der Waals surface area contributed by atoms with Crippen molar-refractivity contribution in [2.45, 2.75) is 32.4 Å². The van der Waals surface area contributed by atoms with Crippen molar-refractivity contribution in [2.24, 2.45) is 0 Å². The smallest absolute Gasteiger partial charge is 0.126 e. The van der Waals surface area contributed by atoms with Crippen molar-refractivity contribution in [3.8, 4) is 16.9 Å². The van der Waals surface area contributed by atoms with E-state index in [-0.39, 0.29) is 12.1 Å². The molecule has 2 N–H and O–H groups in total. The number of hydrogen-bond donors (Lipinski definition) is 2. The lowest BCUT2D eigenvalue weighted by molar-refractivity contribution is 0.169. The molecule has 3 heteroatoms. The van der Waals surface area contributed by atoms with Crippen LogP contribution in [0.3, 0.4) is 0 Å². The lowest BCUT2D eigenvalue weighted by Gasteiger charge is -2.27. The molecule has 0 bridgehead atoms. The fraction of sp³-hybridized carbons (Fsp3) is 0.368. The Bertz CT molecular complexity index is 589. The number of para-hydroxylation sites is 1. The minimum Gasteiger partial charge on any atom is -0.496 e. The van der Waals surface area contributed by atoms with E-state index in [0.29, 0.717) is 0 Å². The Morgan fingerprint density at radius 2 is 1.77 bits per heavy atom. The van der Waals surface area contributed by atoms with Gasteiger partial charge in [-0.1, -0.05) is 49.4 Å². The summed E-state index contributed by atoms with van der Waals surface area (Å²) in [5.41, 5.74) is 3.22. The highest BCUT2D eigenvalue weighted by molar-refractivity contribution is 5.70. The fourth-order valence-electron chi connectivity index (χ4n) is 2.29. The molecule has 2 rings (SSSR count). The molecule has 1 atom stereocenters. The average molecular weight is 299 g/mol. The van der Waals surface area contributed by atoms with E-state index in [4.69, 9.17) is 4.74 Å². The van der Waals surface area contributed by atoms with Gasteiger partial charge >= 0.3 is 0 Å². The molecule has 0 heterocycles. The van der Waals surface area contributed by atoms with E-state index in [1.54, 1.807) is 7.11 Å². The molecule has 0 aliphatic rings. The van der Waals surface area contributed by atoms with Crippen molar-refractivity contribution in [3.63, 3.8) is 0 Å².